The number of rotatable bonds is 6. The zero-order valence-corrected chi connectivity index (χ0v) is 12.5. The molecule has 0 amide bonds. The predicted molar refractivity (Wildman–Crippen MR) is 80.7 cm³/mol. The van der Waals surface area contributed by atoms with Crippen LogP contribution < -0.4 is 5.32 Å². The number of hydrogen-bond acceptors (Lipinski definition) is 2. The Kier molecular flexibility index (Phi) is 5.41. The molecular weight excluding hydrogens is 234 g/mol. The Hall–Kier alpha value is -0.860. The van der Waals surface area contributed by atoms with Gasteiger partial charge in [0, 0.05) is 12.6 Å². The summed E-state index contributed by atoms with van der Waals surface area (Å²) >= 11 is 0. The molecule has 0 bridgehead atoms. The monoisotopic (exact) mass is 261 g/mol. The van der Waals surface area contributed by atoms with Gasteiger partial charge in [-0.05, 0) is 49.8 Å². The summed E-state index contributed by atoms with van der Waals surface area (Å²) in [6.07, 6.45) is 5.14. The lowest BCUT2D eigenvalue weighted by Gasteiger charge is -2.20. The van der Waals surface area contributed by atoms with Crippen LogP contribution in [0, 0.1) is 0 Å². The van der Waals surface area contributed by atoms with E-state index in [9.17, 15) is 0 Å². The van der Waals surface area contributed by atoms with Gasteiger partial charge in [0.1, 0.15) is 0 Å². The Balaban J connectivity index is 1.89. The zero-order chi connectivity index (χ0) is 13.7. The second-order valence-electron chi connectivity index (χ2n) is 5.96. The van der Waals surface area contributed by atoms with Crippen molar-refractivity contribution >= 4 is 0 Å². The largest absolute Gasteiger partial charge is 0.378 e. The van der Waals surface area contributed by atoms with Crippen molar-refractivity contribution in [3.05, 3.63) is 35.4 Å². The smallest absolute Gasteiger partial charge is 0.0590 e. The van der Waals surface area contributed by atoms with Gasteiger partial charge >= 0.3 is 0 Å². The Morgan fingerprint density at radius 3 is 2.53 bits per heavy atom. The summed E-state index contributed by atoms with van der Waals surface area (Å²) in [5.41, 5.74) is 2.84. The van der Waals surface area contributed by atoms with Gasteiger partial charge in [-0.25, -0.2) is 0 Å². The molecule has 1 fully saturated rings. The maximum Gasteiger partial charge on any atom is 0.0590 e. The molecule has 1 N–H and O–H groups in total. The number of hydrogen-bond donors (Lipinski definition) is 1. The van der Waals surface area contributed by atoms with Crippen LogP contribution in [0.15, 0.2) is 24.3 Å². The van der Waals surface area contributed by atoms with Crippen molar-refractivity contribution in [3.8, 4) is 0 Å². The van der Waals surface area contributed by atoms with Crippen molar-refractivity contribution in [1.82, 2.24) is 5.32 Å². The van der Waals surface area contributed by atoms with Crippen molar-refractivity contribution in [2.75, 3.05) is 13.7 Å². The molecule has 106 valence electrons. The quantitative estimate of drug-likeness (QED) is 0.846. The number of likely N-dealkylation sites (N-methyl/N-ethyl adjacent to an activating group) is 1. The number of benzene rings is 1. The summed E-state index contributed by atoms with van der Waals surface area (Å²) in [6, 6.07) is 9.59. The molecule has 0 radical (unpaired) electrons. The lowest BCUT2D eigenvalue weighted by molar-refractivity contribution is 0.0954. The molecule has 1 saturated heterocycles. The average Bonchev–Trinajstić information content (AvgIpc) is 2.91. The highest BCUT2D eigenvalue weighted by molar-refractivity contribution is 5.25. The van der Waals surface area contributed by atoms with E-state index in [1.165, 1.54) is 24.0 Å². The lowest BCUT2D eigenvalue weighted by Crippen LogP contribution is -2.31. The first-order chi connectivity index (χ1) is 9.19. The van der Waals surface area contributed by atoms with E-state index in [0.29, 0.717) is 18.1 Å². The summed E-state index contributed by atoms with van der Waals surface area (Å²) in [4.78, 5) is 0. The molecule has 1 aliphatic rings. The highest BCUT2D eigenvalue weighted by Gasteiger charge is 2.20. The molecule has 0 aromatic heterocycles. The van der Waals surface area contributed by atoms with Gasteiger partial charge in [0.15, 0.2) is 0 Å². The topological polar surface area (TPSA) is 21.3 Å². The molecule has 2 atom stereocenters. The van der Waals surface area contributed by atoms with Crippen molar-refractivity contribution < 1.29 is 4.74 Å². The van der Waals surface area contributed by atoms with Crippen LogP contribution >= 0.6 is 0 Å². The lowest BCUT2D eigenvalue weighted by atomic mass is 9.96. The molecular formula is C17H27NO. The Morgan fingerprint density at radius 1 is 1.26 bits per heavy atom. The summed E-state index contributed by atoms with van der Waals surface area (Å²) in [5.74, 6) is 0.612. The van der Waals surface area contributed by atoms with E-state index in [2.05, 4.69) is 50.5 Å². The molecule has 0 spiro atoms. The van der Waals surface area contributed by atoms with Gasteiger partial charge in [-0.1, -0.05) is 38.1 Å². The van der Waals surface area contributed by atoms with Gasteiger partial charge in [-0.15, -0.1) is 0 Å². The summed E-state index contributed by atoms with van der Waals surface area (Å²) in [7, 11) is 2.06. The van der Waals surface area contributed by atoms with Gasteiger partial charge in [0.2, 0.25) is 0 Å². The van der Waals surface area contributed by atoms with Crippen LogP contribution in [0.4, 0.5) is 0 Å². The van der Waals surface area contributed by atoms with E-state index in [1.807, 2.05) is 0 Å². The summed E-state index contributed by atoms with van der Waals surface area (Å²) in [5, 5.41) is 3.43. The molecule has 1 aromatic carbocycles. The van der Waals surface area contributed by atoms with Crippen LogP contribution in [0.1, 0.15) is 50.2 Å². The van der Waals surface area contributed by atoms with E-state index >= 15 is 0 Å². The van der Waals surface area contributed by atoms with E-state index in [1.54, 1.807) is 0 Å². The maximum absolute atomic E-state index is 5.73. The molecule has 2 nitrogen and oxygen atoms in total. The number of nitrogens with one attached hydrogen (secondary N) is 1. The molecule has 1 heterocycles. The molecule has 0 saturated carbocycles. The average molecular weight is 261 g/mol. The normalized spacial score (nSPS) is 20.9. The van der Waals surface area contributed by atoms with Gasteiger partial charge in [0.05, 0.1) is 6.10 Å². The van der Waals surface area contributed by atoms with Crippen molar-refractivity contribution in [3.63, 3.8) is 0 Å². The second-order valence-corrected chi connectivity index (χ2v) is 5.96. The highest BCUT2D eigenvalue weighted by Crippen LogP contribution is 2.20. The van der Waals surface area contributed by atoms with E-state index < -0.39 is 0 Å². The first-order valence-corrected chi connectivity index (χ1v) is 7.56. The minimum Gasteiger partial charge on any atom is -0.378 e. The van der Waals surface area contributed by atoms with Gasteiger partial charge < -0.3 is 10.1 Å². The van der Waals surface area contributed by atoms with Gasteiger partial charge in [0.25, 0.3) is 0 Å². The Bertz CT molecular complexity index is 365. The van der Waals surface area contributed by atoms with Crippen LogP contribution in [-0.2, 0) is 11.2 Å². The second kappa shape index (κ2) is 7.06. The summed E-state index contributed by atoms with van der Waals surface area (Å²) < 4.78 is 5.73. The Morgan fingerprint density at radius 2 is 2.00 bits per heavy atom. The fourth-order valence-electron chi connectivity index (χ4n) is 2.77. The fraction of sp³-hybridized carbons (Fsp3) is 0.647. The molecule has 2 rings (SSSR count). The van der Waals surface area contributed by atoms with E-state index in [-0.39, 0.29) is 0 Å². The zero-order valence-electron chi connectivity index (χ0n) is 12.5. The minimum absolute atomic E-state index is 0.465. The van der Waals surface area contributed by atoms with Crippen LogP contribution in [-0.4, -0.2) is 25.8 Å². The first-order valence-electron chi connectivity index (χ1n) is 7.56. The van der Waals surface area contributed by atoms with Gasteiger partial charge in [-0.2, -0.15) is 0 Å². The molecule has 1 aromatic rings. The van der Waals surface area contributed by atoms with Crippen LogP contribution in [0.2, 0.25) is 0 Å². The third kappa shape index (κ3) is 4.32. The van der Waals surface area contributed by atoms with E-state index in [4.69, 9.17) is 4.74 Å². The predicted octanol–water partition coefficient (Wildman–Crippen LogP) is 3.51. The van der Waals surface area contributed by atoms with Crippen LogP contribution in [0.5, 0.6) is 0 Å². The third-order valence-electron chi connectivity index (χ3n) is 4.11. The molecule has 19 heavy (non-hydrogen) atoms. The molecule has 2 heteroatoms. The Labute approximate surface area is 117 Å². The fourth-order valence-corrected chi connectivity index (χ4v) is 2.77. The maximum atomic E-state index is 5.73. The molecule has 2 unspecified atom stereocenters. The van der Waals surface area contributed by atoms with Crippen LogP contribution in [0.3, 0.4) is 0 Å². The third-order valence-corrected chi connectivity index (χ3v) is 4.11. The molecule has 0 aliphatic carbocycles. The highest BCUT2D eigenvalue weighted by atomic mass is 16.5. The van der Waals surface area contributed by atoms with Crippen molar-refractivity contribution in [1.29, 1.82) is 0 Å². The summed E-state index contributed by atoms with van der Waals surface area (Å²) in [6.45, 7) is 5.43. The van der Waals surface area contributed by atoms with Crippen molar-refractivity contribution in [2.45, 2.75) is 57.6 Å². The van der Waals surface area contributed by atoms with Gasteiger partial charge in [-0.3, -0.25) is 0 Å². The standard InChI is InChI=1S/C17H27NO/c1-13(2)15-8-6-14(7-9-15)11-16(18-3)12-17-5-4-10-19-17/h6-9,13,16-18H,4-5,10-12H2,1-3H3. The van der Waals surface area contributed by atoms with E-state index in [0.717, 1.165) is 19.4 Å². The van der Waals surface area contributed by atoms with Crippen LogP contribution in [0.25, 0.3) is 0 Å². The minimum atomic E-state index is 0.465. The van der Waals surface area contributed by atoms with Crippen molar-refractivity contribution in [2.24, 2.45) is 0 Å². The molecule has 1 aliphatic heterocycles. The number of ether oxygens (including phenoxy) is 1. The first kappa shape index (κ1) is 14.5. The SMILES string of the molecule is CNC(Cc1ccc(C(C)C)cc1)CC1CCCO1.